The van der Waals surface area contributed by atoms with Gasteiger partial charge in [0.05, 0.1) is 11.7 Å². The van der Waals surface area contributed by atoms with Crippen LogP contribution in [0.15, 0.2) is 36.5 Å². The lowest BCUT2D eigenvalue weighted by atomic mass is 9.97. The monoisotopic (exact) mass is 465 g/mol. The van der Waals surface area contributed by atoms with Gasteiger partial charge in [-0.3, -0.25) is 14.8 Å². The molecule has 2 aliphatic rings. The number of nitrogens with one attached hydrogen (secondary N) is 2. The highest BCUT2D eigenvalue weighted by atomic mass is 19.1. The fourth-order valence-corrected chi connectivity index (χ4v) is 5.44. The normalized spacial score (nSPS) is 20.1. The minimum absolute atomic E-state index is 0.131. The van der Waals surface area contributed by atoms with Crippen LogP contribution in [0.1, 0.15) is 55.0 Å². The van der Waals surface area contributed by atoms with Crippen molar-refractivity contribution in [2.75, 3.05) is 25.0 Å². The lowest BCUT2D eigenvalue weighted by molar-refractivity contribution is -0.143. The summed E-state index contributed by atoms with van der Waals surface area (Å²) in [6.45, 7) is 2.02. The third kappa shape index (κ3) is 4.78. The van der Waals surface area contributed by atoms with Gasteiger partial charge < -0.3 is 10.4 Å². The van der Waals surface area contributed by atoms with E-state index in [0.717, 1.165) is 61.1 Å². The van der Waals surface area contributed by atoms with Crippen LogP contribution in [-0.4, -0.2) is 57.0 Å². The van der Waals surface area contributed by atoms with Crippen molar-refractivity contribution in [3.8, 4) is 0 Å². The Morgan fingerprint density at radius 1 is 1.26 bits per heavy atom. The fraction of sp³-hybridized carbons (Fsp3) is 0.500. The summed E-state index contributed by atoms with van der Waals surface area (Å²) in [5.74, 6) is -0.0314. The first-order chi connectivity index (χ1) is 16.6. The molecule has 3 N–H and O–H groups in total. The number of alkyl halides is 1. The number of aromatic nitrogens is 3. The molecule has 0 spiro atoms. The molecular formula is C26H32FN5O2. The maximum absolute atomic E-state index is 15.1. The van der Waals surface area contributed by atoms with Crippen LogP contribution in [0.5, 0.6) is 0 Å². The fourth-order valence-electron chi connectivity index (χ4n) is 5.44. The number of hydrogen-bond acceptors (Lipinski definition) is 5. The molecule has 3 atom stereocenters. The summed E-state index contributed by atoms with van der Waals surface area (Å²) < 4.78 is 15.1. The SMILES string of the molecule is O=C(O)C(c1cccc2cn[nH]c12)N1CCC(C(F)CCCCc2ccc3c(n2)NCCC3)C1. The molecule has 2 aromatic heterocycles. The number of likely N-dealkylation sites (tertiary alicyclic amines) is 1. The Morgan fingerprint density at radius 2 is 2.18 bits per heavy atom. The van der Waals surface area contributed by atoms with Crippen molar-refractivity contribution in [1.82, 2.24) is 20.1 Å². The van der Waals surface area contributed by atoms with E-state index in [2.05, 4.69) is 27.6 Å². The Hall–Kier alpha value is -3.00. The van der Waals surface area contributed by atoms with Crippen LogP contribution in [0.3, 0.4) is 0 Å². The molecule has 1 aromatic carbocycles. The molecule has 0 radical (unpaired) electrons. The van der Waals surface area contributed by atoms with Gasteiger partial charge in [0, 0.05) is 35.7 Å². The van der Waals surface area contributed by atoms with Gasteiger partial charge in [0.25, 0.3) is 0 Å². The number of nitrogens with zero attached hydrogens (tertiary/aromatic N) is 3. The number of hydrogen-bond donors (Lipinski definition) is 3. The van der Waals surface area contributed by atoms with Crippen LogP contribution in [-0.2, 0) is 17.6 Å². The molecule has 2 aliphatic heterocycles. The number of pyridine rings is 1. The van der Waals surface area contributed by atoms with Gasteiger partial charge in [-0.1, -0.05) is 30.7 Å². The lowest BCUT2D eigenvalue weighted by Crippen LogP contribution is -2.33. The first-order valence-electron chi connectivity index (χ1n) is 12.4. The quantitative estimate of drug-likeness (QED) is 0.403. The van der Waals surface area contributed by atoms with E-state index in [1.807, 2.05) is 23.1 Å². The summed E-state index contributed by atoms with van der Waals surface area (Å²) in [7, 11) is 0. The van der Waals surface area contributed by atoms with Crippen LogP contribution in [0.4, 0.5) is 10.2 Å². The van der Waals surface area contributed by atoms with Gasteiger partial charge >= 0.3 is 5.97 Å². The topological polar surface area (TPSA) is 94.1 Å². The van der Waals surface area contributed by atoms with Gasteiger partial charge in [0.1, 0.15) is 18.0 Å². The van der Waals surface area contributed by atoms with Crippen molar-refractivity contribution in [3.63, 3.8) is 0 Å². The molecule has 1 saturated heterocycles. The van der Waals surface area contributed by atoms with Gasteiger partial charge in [-0.05, 0) is 56.7 Å². The smallest absolute Gasteiger partial charge is 0.325 e. The van der Waals surface area contributed by atoms with Gasteiger partial charge in [-0.15, -0.1) is 0 Å². The van der Waals surface area contributed by atoms with Crippen LogP contribution < -0.4 is 5.32 Å². The maximum atomic E-state index is 15.1. The maximum Gasteiger partial charge on any atom is 0.325 e. The molecule has 3 aromatic rings. The Balaban J connectivity index is 1.14. The zero-order valence-electron chi connectivity index (χ0n) is 19.3. The van der Waals surface area contributed by atoms with E-state index in [4.69, 9.17) is 4.98 Å². The Bertz CT molecular complexity index is 1150. The minimum Gasteiger partial charge on any atom is -0.480 e. The number of fused-ring (bicyclic) bond motifs is 2. The highest BCUT2D eigenvalue weighted by molar-refractivity contribution is 5.87. The number of H-pyrrole nitrogens is 1. The second kappa shape index (κ2) is 10.1. The molecule has 8 heteroatoms. The van der Waals surface area contributed by atoms with E-state index in [-0.39, 0.29) is 5.92 Å². The standard InChI is InChI=1S/C26H32FN5O2/c27-22(9-2-1-7-20-11-10-17-6-4-13-28-25(17)30-20)19-12-14-32(16-19)24(26(33)34)21-8-3-5-18-15-29-31-23(18)21/h3,5,8,10-11,15,19,22,24H,1-2,4,6-7,9,12-14,16H2,(H,28,30)(H,29,31)(H,33,34). The summed E-state index contributed by atoms with van der Waals surface area (Å²) in [4.78, 5) is 18.8. The molecule has 0 aliphatic carbocycles. The van der Waals surface area contributed by atoms with Crippen LogP contribution in [0, 0.1) is 5.92 Å². The largest absolute Gasteiger partial charge is 0.480 e. The highest BCUT2D eigenvalue weighted by Crippen LogP contribution is 2.34. The molecule has 0 bridgehead atoms. The van der Waals surface area contributed by atoms with Gasteiger partial charge in [-0.2, -0.15) is 5.10 Å². The number of para-hydroxylation sites is 1. The van der Waals surface area contributed by atoms with Crippen molar-refractivity contribution < 1.29 is 14.3 Å². The summed E-state index contributed by atoms with van der Waals surface area (Å²) in [5, 5.41) is 21.2. The number of benzene rings is 1. The van der Waals surface area contributed by atoms with Crippen molar-refractivity contribution in [3.05, 3.63) is 53.3 Å². The molecule has 180 valence electrons. The van der Waals surface area contributed by atoms with E-state index in [0.29, 0.717) is 31.5 Å². The van der Waals surface area contributed by atoms with Crippen molar-refractivity contribution in [2.24, 2.45) is 5.92 Å². The van der Waals surface area contributed by atoms with Crippen molar-refractivity contribution in [1.29, 1.82) is 0 Å². The Kier molecular flexibility index (Phi) is 6.76. The molecule has 1 fully saturated rings. The number of halogens is 1. The Morgan fingerprint density at radius 3 is 3.06 bits per heavy atom. The summed E-state index contributed by atoms with van der Waals surface area (Å²) in [5.41, 5.74) is 3.77. The summed E-state index contributed by atoms with van der Waals surface area (Å²) >= 11 is 0. The average molecular weight is 466 g/mol. The first kappa shape index (κ1) is 22.8. The van der Waals surface area contributed by atoms with E-state index in [1.165, 1.54) is 5.56 Å². The second-order valence-corrected chi connectivity index (χ2v) is 9.57. The van der Waals surface area contributed by atoms with Crippen LogP contribution >= 0.6 is 0 Å². The zero-order valence-corrected chi connectivity index (χ0v) is 19.3. The number of aromatic amines is 1. The molecule has 7 nitrogen and oxygen atoms in total. The van der Waals surface area contributed by atoms with Crippen molar-refractivity contribution in [2.45, 2.75) is 57.2 Å². The van der Waals surface area contributed by atoms with E-state index in [9.17, 15) is 9.90 Å². The lowest BCUT2D eigenvalue weighted by Gasteiger charge is -2.25. The van der Waals surface area contributed by atoms with Crippen LogP contribution in [0.25, 0.3) is 10.9 Å². The molecule has 3 unspecified atom stereocenters. The predicted molar refractivity (Wildman–Crippen MR) is 130 cm³/mol. The van der Waals surface area contributed by atoms with Crippen molar-refractivity contribution >= 4 is 22.7 Å². The number of aliphatic carboxylic acids is 1. The predicted octanol–water partition coefficient (Wildman–Crippen LogP) is 4.51. The number of carbonyl (C=O) groups is 1. The molecule has 5 rings (SSSR count). The van der Waals surface area contributed by atoms with E-state index >= 15 is 4.39 Å². The van der Waals surface area contributed by atoms with Crippen LogP contribution in [0.2, 0.25) is 0 Å². The van der Waals surface area contributed by atoms with E-state index in [1.54, 1.807) is 6.20 Å². The summed E-state index contributed by atoms with van der Waals surface area (Å²) in [6.07, 6.45) is 6.76. The van der Waals surface area contributed by atoms with Gasteiger partial charge in [-0.25, -0.2) is 9.37 Å². The number of aryl methyl sites for hydroxylation is 2. The number of unbranched alkanes of at least 4 members (excludes halogenated alkanes) is 1. The third-order valence-corrected chi connectivity index (χ3v) is 7.28. The average Bonchev–Trinajstić information content (AvgIpc) is 3.52. The highest BCUT2D eigenvalue weighted by Gasteiger charge is 2.37. The summed E-state index contributed by atoms with van der Waals surface area (Å²) in [6, 6.07) is 9.04. The number of rotatable bonds is 9. The number of anilines is 1. The van der Waals surface area contributed by atoms with Gasteiger partial charge in [0.2, 0.25) is 0 Å². The first-order valence-corrected chi connectivity index (χ1v) is 12.4. The Labute approximate surface area is 198 Å². The molecule has 34 heavy (non-hydrogen) atoms. The second-order valence-electron chi connectivity index (χ2n) is 9.57. The molecule has 0 amide bonds. The zero-order chi connectivity index (χ0) is 23.5. The molecule has 4 heterocycles. The van der Waals surface area contributed by atoms with Gasteiger partial charge in [0.15, 0.2) is 0 Å². The number of carboxylic acids is 1. The molecule has 0 saturated carbocycles. The third-order valence-electron chi connectivity index (χ3n) is 7.28. The minimum atomic E-state index is -0.916. The van der Waals surface area contributed by atoms with E-state index < -0.39 is 18.2 Å². The number of carboxylic acid groups (broad SMARTS) is 1. The molecular weight excluding hydrogens is 433 g/mol.